The summed E-state index contributed by atoms with van der Waals surface area (Å²) in [5, 5.41) is 0. The molecule has 2 atom stereocenters. The first-order valence-electron chi connectivity index (χ1n) is 20.2. The fourth-order valence-corrected chi connectivity index (χ4v) is 5.56. The van der Waals surface area contributed by atoms with Crippen LogP contribution in [0.4, 0.5) is 0 Å². The van der Waals surface area contributed by atoms with Crippen LogP contribution in [0.15, 0.2) is 97.2 Å². The van der Waals surface area contributed by atoms with Gasteiger partial charge >= 0.3 is 13.8 Å². The lowest BCUT2D eigenvalue weighted by atomic mass is 10.1. The molecule has 0 aromatic carbocycles. The molecule has 0 aliphatic carbocycles. The number of nitrogens with two attached hydrogens (primary N) is 1. The molecule has 302 valence electrons. The number of unbranched alkanes of at least 4 members (excludes halogenated alkanes) is 8. The molecule has 9 heteroatoms. The summed E-state index contributed by atoms with van der Waals surface area (Å²) in [5.74, 6) is -0.364. The van der Waals surface area contributed by atoms with Gasteiger partial charge in [0.25, 0.3) is 0 Å². The molecule has 0 bridgehead atoms. The van der Waals surface area contributed by atoms with Crippen LogP contribution in [0.25, 0.3) is 0 Å². The topological polar surface area (TPSA) is 117 Å². The highest BCUT2D eigenvalue weighted by atomic mass is 31.2. The molecule has 0 amide bonds. The standard InChI is InChI=1S/C44H74NO7P/c1-3-5-7-9-11-13-15-16-17-18-19-20-21-22-23-24-25-26-27-28-30-32-34-36-39-49-41-43(42-51-53(47,48)50-40-38-45)52-44(46)37-35-33-31-29-14-12-10-8-6-4-2/h5,7-8,10-11,13,16-17,19-20,22-23,25-26,28,30,43H,3-4,6,9,12,14-15,18,21,24,27,29,31-42,45H2,1-2H3,(H,47,48)/b7-5-,10-8-,13-11-,17-16-,20-19-,23-22-,26-25-,30-28-. The fourth-order valence-electron chi connectivity index (χ4n) is 4.80. The van der Waals surface area contributed by atoms with E-state index in [1.54, 1.807) is 0 Å². The van der Waals surface area contributed by atoms with Crippen molar-refractivity contribution in [3.63, 3.8) is 0 Å². The van der Waals surface area contributed by atoms with Gasteiger partial charge in [-0.15, -0.1) is 0 Å². The van der Waals surface area contributed by atoms with Gasteiger partial charge in [-0.05, 0) is 89.9 Å². The van der Waals surface area contributed by atoms with Gasteiger partial charge in [0.1, 0.15) is 6.10 Å². The first-order valence-corrected chi connectivity index (χ1v) is 21.7. The number of hydrogen-bond donors (Lipinski definition) is 2. The summed E-state index contributed by atoms with van der Waals surface area (Å²) in [6.07, 6.45) is 53.0. The van der Waals surface area contributed by atoms with E-state index < -0.39 is 13.9 Å². The number of carbonyl (C=O) groups excluding carboxylic acids is 1. The average Bonchev–Trinajstić information content (AvgIpc) is 3.15. The maximum absolute atomic E-state index is 12.5. The third-order valence-electron chi connectivity index (χ3n) is 7.72. The van der Waals surface area contributed by atoms with E-state index in [2.05, 4.69) is 111 Å². The lowest BCUT2D eigenvalue weighted by molar-refractivity contribution is -0.154. The van der Waals surface area contributed by atoms with Crippen molar-refractivity contribution >= 4 is 13.8 Å². The maximum atomic E-state index is 12.5. The number of allylic oxidation sites excluding steroid dienone is 16. The second kappa shape index (κ2) is 40.6. The Morgan fingerprint density at radius 1 is 0.585 bits per heavy atom. The minimum Gasteiger partial charge on any atom is -0.457 e. The fraction of sp³-hybridized carbons (Fsp3) is 0.614. The van der Waals surface area contributed by atoms with Gasteiger partial charge in [0.05, 0.1) is 19.8 Å². The van der Waals surface area contributed by atoms with Crippen molar-refractivity contribution in [3.05, 3.63) is 97.2 Å². The molecule has 0 saturated heterocycles. The molecule has 0 saturated carbocycles. The van der Waals surface area contributed by atoms with Gasteiger partial charge in [-0.2, -0.15) is 0 Å². The Morgan fingerprint density at radius 3 is 1.60 bits per heavy atom. The maximum Gasteiger partial charge on any atom is 0.472 e. The molecule has 0 aromatic rings. The Kier molecular flexibility index (Phi) is 38.6. The summed E-state index contributed by atoms with van der Waals surface area (Å²) >= 11 is 0. The summed E-state index contributed by atoms with van der Waals surface area (Å²) in [6.45, 7) is 4.57. The average molecular weight is 760 g/mol. The molecule has 8 nitrogen and oxygen atoms in total. The monoisotopic (exact) mass is 760 g/mol. The molecule has 0 aliphatic rings. The highest BCUT2D eigenvalue weighted by Gasteiger charge is 2.25. The number of ether oxygens (including phenoxy) is 2. The van der Waals surface area contributed by atoms with E-state index in [0.717, 1.165) is 109 Å². The molecule has 53 heavy (non-hydrogen) atoms. The third kappa shape index (κ3) is 40.4. The highest BCUT2D eigenvalue weighted by Crippen LogP contribution is 2.43. The lowest BCUT2D eigenvalue weighted by Crippen LogP contribution is -2.28. The Morgan fingerprint density at radius 2 is 1.06 bits per heavy atom. The molecule has 0 fully saturated rings. The summed E-state index contributed by atoms with van der Waals surface area (Å²) in [6, 6.07) is 0. The second-order valence-corrected chi connectivity index (χ2v) is 14.2. The zero-order valence-electron chi connectivity index (χ0n) is 33.2. The van der Waals surface area contributed by atoms with Crippen LogP contribution in [0, 0.1) is 0 Å². The van der Waals surface area contributed by atoms with Crippen LogP contribution in [0.2, 0.25) is 0 Å². The number of phosphoric ester groups is 1. The summed E-state index contributed by atoms with van der Waals surface area (Å²) in [5.41, 5.74) is 5.35. The number of phosphoric acid groups is 1. The van der Waals surface area contributed by atoms with E-state index >= 15 is 0 Å². The SMILES string of the molecule is CC/C=C\C/C=C\C/C=C\C/C=C\C/C=C\C/C=C\C/C=C\CCCCOCC(COP(=O)(O)OCCN)OC(=O)CCCCCCC/C=C\CCC. The number of esters is 1. The van der Waals surface area contributed by atoms with Crippen molar-refractivity contribution < 1.29 is 32.8 Å². The summed E-state index contributed by atoms with van der Waals surface area (Å²) in [7, 11) is -4.29. The first-order chi connectivity index (χ1) is 25.9. The molecule has 0 rings (SSSR count). The van der Waals surface area contributed by atoms with Gasteiger partial charge in [-0.1, -0.05) is 137 Å². The quantitative estimate of drug-likeness (QED) is 0.0278. The van der Waals surface area contributed by atoms with Gasteiger partial charge in [-0.3, -0.25) is 13.8 Å². The van der Waals surface area contributed by atoms with Crippen LogP contribution in [-0.4, -0.2) is 49.9 Å². The minimum absolute atomic E-state index is 0.0761. The molecule has 2 unspecified atom stereocenters. The first kappa shape index (κ1) is 50.4. The van der Waals surface area contributed by atoms with E-state index in [9.17, 15) is 14.3 Å². The largest absolute Gasteiger partial charge is 0.472 e. The number of carbonyl (C=O) groups is 1. The van der Waals surface area contributed by atoms with E-state index in [-0.39, 0.29) is 38.8 Å². The molecular weight excluding hydrogens is 685 g/mol. The minimum atomic E-state index is -4.29. The van der Waals surface area contributed by atoms with Crippen LogP contribution in [-0.2, 0) is 27.9 Å². The molecule has 0 heterocycles. The van der Waals surface area contributed by atoms with Crippen molar-refractivity contribution in [2.75, 3.05) is 33.0 Å². The van der Waals surface area contributed by atoms with Gasteiger partial charge in [0.15, 0.2) is 0 Å². The molecule has 0 spiro atoms. The molecule has 3 N–H and O–H groups in total. The van der Waals surface area contributed by atoms with Crippen molar-refractivity contribution in [2.45, 2.75) is 142 Å². The predicted octanol–water partition coefficient (Wildman–Crippen LogP) is 11.9. The van der Waals surface area contributed by atoms with Crippen LogP contribution in [0.1, 0.15) is 136 Å². The van der Waals surface area contributed by atoms with Crippen LogP contribution < -0.4 is 5.73 Å². The van der Waals surface area contributed by atoms with E-state index in [1.807, 2.05) is 0 Å². The zero-order valence-corrected chi connectivity index (χ0v) is 34.1. The van der Waals surface area contributed by atoms with Crippen molar-refractivity contribution in [1.29, 1.82) is 0 Å². The van der Waals surface area contributed by atoms with Crippen molar-refractivity contribution in [1.82, 2.24) is 0 Å². The summed E-state index contributed by atoms with van der Waals surface area (Å²) < 4.78 is 33.2. The Labute approximate surface area is 323 Å². The smallest absolute Gasteiger partial charge is 0.457 e. The molecular formula is C44H74NO7P. The number of rotatable bonds is 37. The molecule has 0 radical (unpaired) electrons. The Hall–Kier alpha value is -2.58. The van der Waals surface area contributed by atoms with E-state index in [4.69, 9.17) is 24.3 Å². The normalized spacial score (nSPS) is 14.6. The van der Waals surface area contributed by atoms with Gasteiger partial charge < -0.3 is 20.1 Å². The van der Waals surface area contributed by atoms with Crippen molar-refractivity contribution in [2.24, 2.45) is 5.73 Å². The lowest BCUT2D eigenvalue weighted by Gasteiger charge is -2.20. The van der Waals surface area contributed by atoms with Crippen LogP contribution >= 0.6 is 7.82 Å². The second-order valence-electron chi connectivity index (χ2n) is 12.8. The van der Waals surface area contributed by atoms with Crippen molar-refractivity contribution in [3.8, 4) is 0 Å². The van der Waals surface area contributed by atoms with E-state index in [1.165, 1.54) is 6.42 Å². The van der Waals surface area contributed by atoms with Crippen LogP contribution in [0.3, 0.4) is 0 Å². The predicted molar refractivity (Wildman–Crippen MR) is 224 cm³/mol. The summed E-state index contributed by atoms with van der Waals surface area (Å²) in [4.78, 5) is 22.3. The Bertz CT molecular complexity index is 1120. The molecule has 0 aromatic heterocycles. The van der Waals surface area contributed by atoms with Gasteiger partial charge in [0.2, 0.25) is 0 Å². The van der Waals surface area contributed by atoms with Gasteiger partial charge in [-0.25, -0.2) is 4.57 Å². The van der Waals surface area contributed by atoms with E-state index in [0.29, 0.717) is 6.61 Å². The highest BCUT2D eigenvalue weighted by molar-refractivity contribution is 7.47. The zero-order chi connectivity index (χ0) is 38.8. The van der Waals surface area contributed by atoms with Gasteiger partial charge in [0, 0.05) is 19.6 Å². The molecule has 0 aliphatic heterocycles. The van der Waals surface area contributed by atoms with Crippen LogP contribution in [0.5, 0.6) is 0 Å². The third-order valence-corrected chi connectivity index (χ3v) is 8.70. The number of hydrogen-bond acceptors (Lipinski definition) is 7. The Balaban J connectivity index is 4.14.